The number of hydrogen-bond acceptors (Lipinski definition) is 3. The Labute approximate surface area is 119 Å². The number of nitrogens with zero attached hydrogens (tertiary/aromatic N) is 2. The van der Waals surface area contributed by atoms with Crippen LogP contribution in [0, 0.1) is 17.8 Å². The maximum Gasteiger partial charge on any atom is 0.251 e. The van der Waals surface area contributed by atoms with E-state index >= 15 is 0 Å². The number of carbonyl (C=O) groups excluding carboxylic acids is 1. The zero-order chi connectivity index (χ0) is 14.7. The van der Waals surface area contributed by atoms with Gasteiger partial charge in [-0.1, -0.05) is 27.7 Å². The number of aromatic nitrogens is 3. The second-order valence-electron chi connectivity index (χ2n) is 5.89. The van der Waals surface area contributed by atoms with Crippen LogP contribution in [0.4, 0.5) is 0 Å². The molecule has 0 saturated heterocycles. The van der Waals surface area contributed by atoms with Crippen LogP contribution in [0.15, 0.2) is 18.2 Å². The Morgan fingerprint density at radius 2 is 1.80 bits per heavy atom. The summed E-state index contributed by atoms with van der Waals surface area (Å²) >= 11 is 0. The number of hydrogen-bond donors (Lipinski definition) is 2. The standard InChI is InChI=1S/C15H22N4O/c1-9(2)12(10(3)4)8-16-15(20)11-5-6-13-14(7-11)18-19-17-13/h5-7,9-10,12H,8H2,1-4H3,(H,16,20)(H,17,18,19). The number of benzene rings is 1. The Morgan fingerprint density at radius 1 is 1.15 bits per heavy atom. The lowest BCUT2D eigenvalue weighted by Crippen LogP contribution is -2.33. The van der Waals surface area contributed by atoms with Crippen LogP contribution in [-0.2, 0) is 0 Å². The number of rotatable bonds is 5. The van der Waals surface area contributed by atoms with Gasteiger partial charge in [0.05, 0.1) is 0 Å². The van der Waals surface area contributed by atoms with Crippen LogP contribution in [0.25, 0.3) is 11.0 Å². The third-order valence-electron chi connectivity index (χ3n) is 3.79. The summed E-state index contributed by atoms with van der Waals surface area (Å²) in [7, 11) is 0. The van der Waals surface area contributed by atoms with E-state index < -0.39 is 0 Å². The minimum atomic E-state index is -0.0544. The summed E-state index contributed by atoms with van der Waals surface area (Å²) in [6.45, 7) is 9.47. The molecule has 1 heterocycles. The lowest BCUT2D eigenvalue weighted by Gasteiger charge is -2.25. The highest BCUT2D eigenvalue weighted by Gasteiger charge is 2.18. The zero-order valence-electron chi connectivity index (χ0n) is 12.5. The molecular weight excluding hydrogens is 252 g/mol. The first kappa shape index (κ1) is 14.5. The molecule has 1 aromatic heterocycles. The van der Waals surface area contributed by atoms with E-state index in [1.54, 1.807) is 18.2 Å². The molecule has 1 aromatic carbocycles. The van der Waals surface area contributed by atoms with Crippen molar-refractivity contribution in [3.63, 3.8) is 0 Å². The average Bonchev–Trinajstić information content (AvgIpc) is 2.84. The van der Waals surface area contributed by atoms with Crippen LogP contribution < -0.4 is 5.32 Å². The Bertz CT molecular complexity index is 580. The molecule has 0 saturated carbocycles. The first-order chi connectivity index (χ1) is 9.49. The second-order valence-corrected chi connectivity index (χ2v) is 5.89. The van der Waals surface area contributed by atoms with Gasteiger partial charge in [0, 0.05) is 12.1 Å². The number of amides is 1. The highest BCUT2D eigenvalue weighted by molar-refractivity contribution is 5.97. The predicted molar refractivity (Wildman–Crippen MR) is 79.4 cm³/mol. The van der Waals surface area contributed by atoms with Crippen molar-refractivity contribution in [2.45, 2.75) is 27.7 Å². The molecule has 0 aliphatic rings. The quantitative estimate of drug-likeness (QED) is 0.880. The molecule has 0 radical (unpaired) electrons. The van der Waals surface area contributed by atoms with E-state index in [4.69, 9.17) is 0 Å². The van der Waals surface area contributed by atoms with Gasteiger partial charge in [0.2, 0.25) is 0 Å². The zero-order valence-corrected chi connectivity index (χ0v) is 12.5. The normalized spacial score (nSPS) is 11.8. The topological polar surface area (TPSA) is 70.7 Å². The van der Waals surface area contributed by atoms with Gasteiger partial charge in [-0.2, -0.15) is 15.4 Å². The smallest absolute Gasteiger partial charge is 0.251 e. The molecule has 2 rings (SSSR count). The number of nitrogens with one attached hydrogen (secondary N) is 2. The SMILES string of the molecule is CC(C)C(CNC(=O)c1ccc2n[nH]nc2c1)C(C)C. The molecule has 108 valence electrons. The van der Waals surface area contributed by atoms with E-state index in [0.29, 0.717) is 35.4 Å². The van der Waals surface area contributed by atoms with Gasteiger partial charge >= 0.3 is 0 Å². The molecule has 2 N–H and O–H groups in total. The fraction of sp³-hybridized carbons (Fsp3) is 0.533. The lowest BCUT2D eigenvalue weighted by atomic mass is 9.85. The Morgan fingerprint density at radius 3 is 2.45 bits per heavy atom. The summed E-state index contributed by atoms with van der Waals surface area (Å²) in [5, 5.41) is 13.5. The highest BCUT2D eigenvalue weighted by atomic mass is 16.1. The van der Waals surface area contributed by atoms with Crippen molar-refractivity contribution in [3.8, 4) is 0 Å². The van der Waals surface area contributed by atoms with Crippen LogP contribution in [-0.4, -0.2) is 27.9 Å². The summed E-state index contributed by atoms with van der Waals surface area (Å²) in [4.78, 5) is 12.2. The number of carbonyl (C=O) groups is 1. The van der Waals surface area contributed by atoms with E-state index in [9.17, 15) is 4.79 Å². The molecule has 0 bridgehead atoms. The molecule has 0 aliphatic heterocycles. The van der Waals surface area contributed by atoms with Crippen molar-refractivity contribution >= 4 is 16.9 Å². The van der Waals surface area contributed by atoms with Crippen molar-refractivity contribution in [2.75, 3.05) is 6.54 Å². The molecule has 20 heavy (non-hydrogen) atoms. The largest absolute Gasteiger partial charge is 0.352 e. The van der Waals surface area contributed by atoms with Crippen molar-refractivity contribution in [3.05, 3.63) is 23.8 Å². The third-order valence-corrected chi connectivity index (χ3v) is 3.79. The van der Waals surface area contributed by atoms with Gasteiger partial charge in [0.15, 0.2) is 0 Å². The van der Waals surface area contributed by atoms with Gasteiger partial charge < -0.3 is 5.32 Å². The van der Waals surface area contributed by atoms with Crippen LogP contribution in [0.3, 0.4) is 0 Å². The van der Waals surface area contributed by atoms with Gasteiger partial charge in [-0.05, 0) is 36.0 Å². The summed E-state index contributed by atoms with van der Waals surface area (Å²) in [6, 6.07) is 5.34. The molecule has 0 aliphatic carbocycles. The molecule has 0 spiro atoms. The Balaban J connectivity index is 2.04. The van der Waals surface area contributed by atoms with Gasteiger partial charge in [0.25, 0.3) is 5.91 Å². The number of aromatic amines is 1. The van der Waals surface area contributed by atoms with E-state index in [2.05, 4.69) is 48.4 Å². The molecule has 0 unspecified atom stereocenters. The van der Waals surface area contributed by atoms with Crippen LogP contribution in [0.5, 0.6) is 0 Å². The summed E-state index contributed by atoms with van der Waals surface area (Å²) in [5.74, 6) is 1.53. The molecule has 5 nitrogen and oxygen atoms in total. The Hall–Kier alpha value is -1.91. The van der Waals surface area contributed by atoms with Gasteiger partial charge in [-0.3, -0.25) is 4.79 Å². The van der Waals surface area contributed by atoms with Crippen LogP contribution in [0.2, 0.25) is 0 Å². The van der Waals surface area contributed by atoms with Gasteiger partial charge in [-0.25, -0.2) is 0 Å². The fourth-order valence-corrected chi connectivity index (χ4v) is 2.54. The first-order valence-corrected chi connectivity index (χ1v) is 7.07. The maximum atomic E-state index is 12.2. The average molecular weight is 274 g/mol. The van der Waals surface area contributed by atoms with E-state index in [1.165, 1.54) is 0 Å². The highest BCUT2D eigenvalue weighted by Crippen LogP contribution is 2.19. The van der Waals surface area contributed by atoms with E-state index in [0.717, 1.165) is 5.52 Å². The van der Waals surface area contributed by atoms with Crippen molar-refractivity contribution in [1.82, 2.24) is 20.7 Å². The third kappa shape index (κ3) is 3.15. The van der Waals surface area contributed by atoms with Crippen molar-refractivity contribution in [2.24, 2.45) is 17.8 Å². The molecule has 0 atom stereocenters. The van der Waals surface area contributed by atoms with E-state index in [-0.39, 0.29) is 5.91 Å². The van der Waals surface area contributed by atoms with Crippen molar-refractivity contribution < 1.29 is 4.79 Å². The first-order valence-electron chi connectivity index (χ1n) is 7.07. The molecule has 1 amide bonds. The van der Waals surface area contributed by atoms with Gasteiger partial charge in [-0.15, -0.1) is 0 Å². The lowest BCUT2D eigenvalue weighted by molar-refractivity contribution is 0.0937. The minimum absolute atomic E-state index is 0.0544. The summed E-state index contributed by atoms with van der Waals surface area (Å²) < 4.78 is 0. The fourth-order valence-electron chi connectivity index (χ4n) is 2.54. The van der Waals surface area contributed by atoms with Gasteiger partial charge in [0.1, 0.15) is 11.0 Å². The predicted octanol–water partition coefficient (Wildman–Crippen LogP) is 2.62. The summed E-state index contributed by atoms with van der Waals surface area (Å²) in [6.07, 6.45) is 0. The molecule has 0 fully saturated rings. The molecule has 2 aromatic rings. The minimum Gasteiger partial charge on any atom is -0.352 e. The number of H-pyrrole nitrogens is 1. The van der Waals surface area contributed by atoms with Crippen LogP contribution in [0.1, 0.15) is 38.1 Å². The number of fused-ring (bicyclic) bond motifs is 1. The van der Waals surface area contributed by atoms with E-state index in [1.807, 2.05) is 0 Å². The monoisotopic (exact) mass is 274 g/mol. The summed E-state index contributed by atoms with van der Waals surface area (Å²) in [5.41, 5.74) is 2.10. The Kier molecular flexibility index (Phi) is 4.37. The van der Waals surface area contributed by atoms with Crippen LogP contribution >= 0.6 is 0 Å². The maximum absolute atomic E-state index is 12.2. The molecule has 5 heteroatoms. The second kappa shape index (κ2) is 6.03. The van der Waals surface area contributed by atoms with Crippen molar-refractivity contribution in [1.29, 1.82) is 0 Å². The molecular formula is C15H22N4O.